The van der Waals surface area contributed by atoms with Crippen LogP contribution in [0.3, 0.4) is 0 Å². The van der Waals surface area contributed by atoms with Crippen LogP contribution in [0.5, 0.6) is 0 Å². The van der Waals surface area contributed by atoms with Crippen LogP contribution in [-0.4, -0.2) is 64.9 Å². The van der Waals surface area contributed by atoms with Crippen LogP contribution in [0, 0.1) is 0 Å². The molecular weight excluding hydrogens is 470 g/mol. The van der Waals surface area contributed by atoms with Gasteiger partial charge < -0.3 is 24.3 Å². The van der Waals surface area contributed by atoms with Crippen LogP contribution in [-0.2, 0) is 16.2 Å². The second-order valence-corrected chi connectivity index (χ2v) is 17.7. The van der Waals surface area contributed by atoms with Gasteiger partial charge in [-0.1, -0.05) is 19.6 Å². The molecule has 1 aliphatic heterocycles. The standard InChI is InChI=1S/C24H38ClN5O3Si/c1-24(2,3)33-23(31)29-10-9-17(13-29)26-20-19-18(16-7-8-16)14-30(21(19)28-22(25)27-20)15-32-11-12-34(4,5)6/h14,16-17H,7-13,15H2,1-6H3,(H,26,27,28)/t17-/m1/s1. The molecule has 0 aromatic carbocycles. The van der Waals surface area contributed by atoms with Crippen molar-refractivity contribution in [2.45, 2.75) is 90.0 Å². The Hall–Kier alpha value is -1.84. The summed E-state index contributed by atoms with van der Waals surface area (Å²) in [5.74, 6) is 1.27. The summed E-state index contributed by atoms with van der Waals surface area (Å²) in [5, 5.41) is 4.80. The molecule has 8 nitrogen and oxygen atoms in total. The number of aromatic nitrogens is 3. The Kier molecular flexibility index (Phi) is 7.18. The first kappa shape index (κ1) is 25.3. The zero-order valence-corrected chi connectivity index (χ0v) is 23.0. The number of carbonyl (C=O) groups excluding carboxylic acids is 1. The molecule has 34 heavy (non-hydrogen) atoms. The number of anilines is 1. The maximum absolute atomic E-state index is 12.5. The first-order chi connectivity index (χ1) is 15.9. The SMILES string of the molecule is CC(C)(C)OC(=O)N1CC[C@@H](Nc2nc(Cl)nc3c2c(C2CC2)cn3COCC[Si](C)(C)C)C1. The molecule has 0 bridgehead atoms. The lowest BCUT2D eigenvalue weighted by atomic mass is 10.1. The van der Waals surface area contributed by atoms with Crippen LogP contribution < -0.4 is 5.32 Å². The minimum atomic E-state index is -1.15. The molecule has 1 saturated carbocycles. The fraction of sp³-hybridized carbons (Fsp3) is 0.708. The van der Waals surface area contributed by atoms with Crippen molar-refractivity contribution in [3.05, 3.63) is 17.0 Å². The number of carbonyl (C=O) groups is 1. The van der Waals surface area contributed by atoms with Crippen molar-refractivity contribution in [2.24, 2.45) is 0 Å². The predicted octanol–water partition coefficient (Wildman–Crippen LogP) is 5.70. The second-order valence-electron chi connectivity index (χ2n) is 11.8. The Morgan fingerprint density at radius 2 is 1.97 bits per heavy atom. The zero-order valence-electron chi connectivity index (χ0n) is 21.3. The molecule has 1 N–H and O–H groups in total. The van der Waals surface area contributed by atoms with Crippen LogP contribution in [0.2, 0.25) is 31.0 Å². The van der Waals surface area contributed by atoms with Gasteiger partial charge in [-0.25, -0.2) is 9.78 Å². The third-order valence-electron chi connectivity index (χ3n) is 6.14. The van der Waals surface area contributed by atoms with Crippen LogP contribution in [0.4, 0.5) is 10.6 Å². The van der Waals surface area contributed by atoms with Gasteiger partial charge >= 0.3 is 6.09 Å². The number of rotatable bonds is 8. The van der Waals surface area contributed by atoms with Gasteiger partial charge in [0.05, 0.1) is 5.39 Å². The van der Waals surface area contributed by atoms with E-state index in [0.717, 1.165) is 35.9 Å². The molecule has 4 rings (SSSR count). The van der Waals surface area contributed by atoms with E-state index in [9.17, 15) is 4.79 Å². The van der Waals surface area contributed by atoms with Gasteiger partial charge in [0.25, 0.3) is 0 Å². The van der Waals surface area contributed by atoms with Crippen molar-refractivity contribution >= 4 is 42.6 Å². The minimum Gasteiger partial charge on any atom is -0.444 e. The maximum atomic E-state index is 12.5. The van der Waals surface area contributed by atoms with Crippen LogP contribution in [0.15, 0.2) is 6.20 Å². The fourth-order valence-corrected chi connectivity index (χ4v) is 5.12. The topological polar surface area (TPSA) is 81.5 Å². The molecule has 3 heterocycles. The Morgan fingerprint density at radius 1 is 1.24 bits per heavy atom. The van der Waals surface area contributed by atoms with Crippen LogP contribution in [0.1, 0.15) is 51.5 Å². The Bertz CT molecular complexity index is 1040. The highest BCUT2D eigenvalue weighted by Crippen LogP contribution is 2.45. The molecule has 2 aliphatic rings. The first-order valence-electron chi connectivity index (χ1n) is 12.3. The fourth-order valence-electron chi connectivity index (χ4n) is 4.20. The minimum absolute atomic E-state index is 0.0742. The van der Waals surface area contributed by atoms with Crippen molar-refractivity contribution in [2.75, 3.05) is 25.0 Å². The van der Waals surface area contributed by atoms with E-state index >= 15 is 0 Å². The average molecular weight is 508 g/mol. The quantitative estimate of drug-likeness (QED) is 0.280. The molecule has 2 aromatic heterocycles. The number of ether oxygens (including phenoxy) is 2. The third kappa shape index (κ3) is 6.43. The molecular formula is C24H38ClN5O3Si. The smallest absolute Gasteiger partial charge is 0.410 e. The molecule has 1 saturated heterocycles. The Balaban J connectivity index is 1.52. The van der Waals surface area contributed by atoms with Gasteiger partial charge in [-0.05, 0) is 69.2 Å². The lowest BCUT2D eigenvalue weighted by Gasteiger charge is -2.24. The van der Waals surface area contributed by atoms with Gasteiger partial charge in [0.15, 0.2) is 0 Å². The highest BCUT2D eigenvalue weighted by molar-refractivity contribution is 6.76. The van der Waals surface area contributed by atoms with Gasteiger partial charge in [0.1, 0.15) is 23.8 Å². The van der Waals surface area contributed by atoms with E-state index in [0.29, 0.717) is 25.7 Å². The second kappa shape index (κ2) is 9.66. The third-order valence-corrected chi connectivity index (χ3v) is 8.02. The average Bonchev–Trinajstić information content (AvgIpc) is 3.33. The number of halogens is 1. The predicted molar refractivity (Wildman–Crippen MR) is 138 cm³/mol. The summed E-state index contributed by atoms with van der Waals surface area (Å²) < 4.78 is 13.6. The van der Waals surface area contributed by atoms with Crippen molar-refractivity contribution in [1.82, 2.24) is 19.4 Å². The molecule has 188 valence electrons. The molecule has 2 aromatic rings. The monoisotopic (exact) mass is 507 g/mol. The number of hydrogen-bond donors (Lipinski definition) is 1. The number of hydrogen-bond acceptors (Lipinski definition) is 6. The number of likely N-dealkylation sites (tertiary alicyclic amines) is 1. The van der Waals surface area contributed by atoms with E-state index < -0.39 is 13.7 Å². The van der Waals surface area contributed by atoms with Gasteiger partial charge in [-0.3, -0.25) is 0 Å². The van der Waals surface area contributed by atoms with E-state index in [2.05, 4.69) is 45.7 Å². The molecule has 1 amide bonds. The number of nitrogens with zero attached hydrogens (tertiary/aromatic N) is 4. The molecule has 1 atom stereocenters. The highest BCUT2D eigenvalue weighted by atomic mass is 35.5. The van der Waals surface area contributed by atoms with Crippen LogP contribution in [0.25, 0.3) is 11.0 Å². The van der Waals surface area contributed by atoms with E-state index in [1.165, 1.54) is 18.4 Å². The lowest BCUT2D eigenvalue weighted by molar-refractivity contribution is 0.0293. The summed E-state index contributed by atoms with van der Waals surface area (Å²) in [4.78, 5) is 23.4. The number of amides is 1. The molecule has 1 aliphatic carbocycles. The molecule has 2 fully saturated rings. The number of fused-ring (bicyclic) bond motifs is 1. The Morgan fingerprint density at radius 3 is 2.62 bits per heavy atom. The summed E-state index contributed by atoms with van der Waals surface area (Å²) in [7, 11) is -1.15. The summed E-state index contributed by atoms with van der Waals surface area (Å²) >= 11 is 6.36. The van der Waals surface area contributed by atoms with Gasteiger partial charge in [0, 0.05) is 40.0 Å². The molecule has 0 spiro atoms. The van der Waals surface area contributed by atoms with Crippen molar-refractivity contribution in [3.8, 4) is 0 Å². The van der Waals surface area contributed by atoms with Crippen LogP contribution >= 0.6 is 11.6 Å². The van der Waals surface area contributed by atoms with Crippen molar-refractivity contribution in [3.63, 3.8) is 0 Å². The van der Waals surface area contributed by atoms with E-state index in [1.54, 1.807) is 4.90 Å². The summed E-state index contributed by atoms with van der Waals surface area (Å²) in [6.45, 7) is 15.1. The summed E-state index contributed by atoms with van der Waals surface area (Å²) in [5.41, 5.74) is 1.55. The highest BCUT2D eigenvalue weighted by Gasteiger charge is 2.33. The molecule has 10 heteroatoms. The normalized spacial score (nSPS) is 19.1. The van der Waals surface area contributed by atoms with E-state index in [-0.39, 0.29) is 17.4 Å². The largest absolute Gasteiger partial charge is 0.444 e. The summed E-state index contributed by atoms with van der Waals surface area (Å²) in [6, 6.07) is 1.20. The van der Waals surface area contributed by atoms with Gasteiger partial charge in [0.2, 0.25) is 5.28 Å². The zero-order chi connectivity index (χ0) is 24.7. The molecule has 0 radical (unpaired) electrons. The maximum Gasteiger partial charge on any atom is 0.410 e. The summed E-state index contributed by atoms with van der Waals surface area (Å²) in [6.07, 6.45) is 5.06. The number of nitrogens with one attached hydrogen (secondary N) is 1. The van der Waals surface area contributed by atoms with Gasteiger partial charge in [-0.15, -0.1) is 0 Å². The van der Waals surface area contributed by atoms with E-state index in [1.807, 2.05) is 20.8 Å². The van der Waals surface area contributed by atoms with E-state index in [4.69, 9.17) is 21.1 Å². The van der Waals surface area contributed by atoms with Gasteiger partial charge in [-0.2, -0.15) is 4.98 Å². The van der Waals surface area contributed by atoms with Crippen molar-refractivity contribution < 1.29 is 14.3 Å². The lowest BCUT2D eigenvalue weighted by Crippen LogP contribution is -2.36. The van der Waals surface area contributed by atoms with Crippen molar-refractivity contribution in [1.29, 1.82) is 0 Å². The molecule has 0 unspecified atom stereocenters. The Labute approximate surface area is 208 Å². The first-order valence-corrected chi connectivity index (χ1v) is 16.4.